The second kappa shape index (κ2) is 15.7. The summed E-state index contributed by atoms with van der Waals surface area (Å²) >= 11 is 6.40. The number of anilines is 1. The quantitative estimate of drug-likeness (QED) is 0.273. The number of rotatable bonds is 4. The maximum atomic E-state index is 13.6. The van der Waals surface area contributed by atoms with Crippen LogP contribution in [0.25, 0.3) is 0 Å². The third kappa shape index (κ3) is 8.16. The minimum atomic E-state index is -3.95. The molecule has 1 aliphatic carbocycles. The van der Waals surface area contributed by atoms with Crippen molar-refractivity contribution in [3.63, 3.8) is 0 Å². The Morgan fingerprint density at radius 1 is 1.06 bits per heavy atom. The van der Waals surface area contributed by atoms with E-state index in [0.717, 1.165) is 74.4 Å². The minimum Gasteiger partial charge on any atom is -0.487 e. The van der Waals surface area contributed by atoms with Crippen LogP contribution in [0.15, 0.2) is 67.0 Å². The molecule has 10 heteroatoms. The number of nitrogens with zero attached hydrogens (tertiary/aromatic N) is 3. The molecule has 1 aromatic heterocycles. The van der Waals surface area contributed by atoms with Gasteiger partial charge in [-0.2, -0.15) is 0 Å². The fourth-order valence-corrected chi connectivity index (χ4v) is 9.79. The molecular formula is C41H53ClN4O4S. The molecule has 2 bridgehead atoms. The van der Waals surface area contributed by atoms with Crippen molar-refractivity contribution >= 4 is 33.2 Å². The number of carbonyl (C=O) groups is 1. The van der Waals surface area contributed by atoms with Crippen LogP contribution in [0.2, 0.25) is 5.02 Å². The van der Waals surface area contributed by atoms with Crippen molar-refractivity contribution in [2.75, 3.05) is 32.1 Å². The molecule has 5 atom stereocenters. The summed E-state index contributed by atoms with van der Waals surface area (Å²) in [5.41, 5.74) is 5.54. The first-order valence-corrected chi connectivity index (χ1v) is 20.4. The maximum Gasteiger partial charge on any atom is 0.264 e. The van der Waals surface area contributed by atoms with Crippen molar-refractivity contribution in [1.29, 1.82) is 0 Å². The number of fused-ring (bicyclic) bond motifs is 3. The van der Waals surface area contributed by atoms with Gasteiger partial charge in [0.25, 0.3) is 5.91 Å². The summed E-state index contributed by atoms with van der Waals surface area (Å²) in [5, 5.41) is -0.0545. The number of aromatic nitrogens is 1. The van der Waals surface area contributed by atoms with Gasteiger partial charge in [0.15, 0.2) is 0 Å². The molecule has 0 spiro atoms. The summed E-state index contributed by atoms with van der Waals surface area (Å²) in [4.78, 5) is 22.9. The zero-order chi connectivity index (χ0) is 36.3. The third-order valence-electron chi connectivity index (χ3n) is 11.6. The molecule has 0 unspecified atom stereocenters. The topological polar surface area (TPSA) is 91.8 Å². The largest absolute Gasteiger partial charge is 0.487 e. The molecule has 0 saturated heterocycles. The molecule has 3 heterocycles. The lowest BCUT2D eigenvalue weighted by Crippen LogP contribution is -2.48. The van der Waals surface area contributed by atoms with Crippen molar-refractivity contribution < 1.29 is 17.9 Å². The van der Waals surface area contributed by atoms with Crippen LogP contribution < -0.4 is 14.4 Å². The average Bonchev–Trinajstić information content (AvgIpc) is 3.11. The number of benzene rings is 2. The molecule has 2 aliphatic heterocycles. The lowest BCUT2D eigenvalue weighted by Gasteiger charge is -2.51. The summed E-state index contributed by atoms with van der Waals surface area (Å²) in [7, 11) is 0.199. The number of amides is 1. The van der Waals surface area contributed by atoms with Crippen molar-refractivity contribution in [3.8, 4) is 5.75 Å². The number of aryl methyl sites for hydroxylation is 1. The minimum absolute atomic E-state index is 0.210. The van der Waals surface area contributed by atoms with E-state index in [0.29, 0.717) is 36.2 Å². The molecule has 274 valence electrons. The summed E-state index contributed by atoms with van der Waals surface area (Å²) in [6.45, 7) is 8.67. The number of pyridine rings is 1. The predicted octanol–water partition coefficient (Wildman–Crippen LogP) is 7.94. The number of carbonyl (C=O) groups excluding carboxylic acids is 1. The van der Waals surface area contributed by atoms with Crippen molar-refractivity contribution in [2.24, 2.45) is 17.8 Å². The van der Waals surface area contributed by atoms with Gasteiger partial charge in [-0.3, -0.25) is 9.78 Å². The molecular weight excluding hydrogens is 680 g/mol. The fourth-order valence-electron chi connectivity index (χ4n) is 8.31. The molecule has 51 heavy (non-hydrogen) atoms. The molecule has 6 rings (SSSR count). The van der Waals surface area contributed by atoms with E-state index < -0.39 is 21.2 Å². The summed E-state index contributed by atoms with van der Waals surface area (Å²) < 4.78 is 36.1. The number of halogens is 1. The number of ether oxygens (including phenoxy) is 1. The normalized spacial score (nSPS) is 27.5. The van der Waals surface area contributed by atoms with Crippen LogP contribution in [0.1, 0.15) is 91.9 Å². The lowest BCUT2D eigenvalue weighted by molar-refractivity contribution is 0.0980. The van der Waals surface area contributed by atoms with E-state index >= 15 is 0 Å². The highest BCUT2D eigenvalue weighted by Crippen LogP contribution is 2.52. The average molecular weight is 733 g/mol. The lowest BCUT2D eigenvalue weighted by atomic mass is 9.55. The number of hydrogen-bond donors (Lipinski definition) is 1. The van der Waals surface area contributed by atoms with Crippen molar-refractivity contribution in [2.45, 2.75) is 89.5 Å². The van der Waals surface area contributed by atoms with E-state index in [-0.39, 0.29) is 11.3 Å². The first kappa shape index (κ1) is 37.4. The highest BCUT2D eigenvalue weighted by Gasteiger charge is 2.47. The van der Waals surface area contributed by atoms with Crippen molar-refractivity contribution in [3.05, 3.63) is 99.9 Å². The zero-order valence-electron chi connectivity index (χ0n) is 30.7. The summed E-state index contributed by atoms with van der Waals surface area (Å²) in [6.07, 6.45) is 15.1. The SMILES string of the molecule is CC[C@@]1(c2cncc(CN(C)C)c2)/C=C/C[C@H](C)[C@@H](C)S(=O)(=O)NC(=O)c2ccc3c(c2)N(CCCCc2cc(Cl)ccc2CO3)C[C@@H]2CC[C@H]21. The van der Waals surface area contributed by atoms with Crippen LogP contribution in [0.4, 0.5) is 5.69 Å². The van der Waals surface area contributed by atoms with Crippen molar-refractivity contribution in [1.82, 2.24) is 14.6 Å². The molecule has 3 aliphatic rings. The molecule has 1 fully saturated rings. The third-order valence-corrected chi connectivity index (χ3v) is 13.8. The smallest absolute Gasteiger partial charge is 0.264 e. The Balaban J connectivity index is 1.45. The molecule has 1 amide bonds. The first-order chi connectivity index (χ1) is 24.4. The van der Waals surface area contributed by atoms with E-state index in [9.17, 15) is 13.2 Å². The van der Waals surface area contributed by atoms with Crippen LogP contribution >= 0.6 is 11.6 Å². The van der Waals surface area contributed by atoms with E-state index in [1.807, 2.05) is 49.6 Å². The van der Waals surface area contributed by atoms with E-state index in [2.05, 4.69) is 53.8 Å². The molecule has 0 radical (unpaired) electrons. The van der Waals surface area contributed by atoms with E-state index in [1.54, 1.807) is 13.0 Å². The van der Waals surface area contributed by atoms with Crippen LogP contribution in [0.3, 0.4) is 0 Å². The molecule has 2 aromatic carbocycles. The van der Waals surface area contributed by atoms with Gasteiger partial charge in [-0.05, 0) is 136 Å². The Kier molecular flexibility index (Phi) is 11.5. The standard InChI is InChI=1S/C41H53ClN4O4S/c1-6-41(35-20-30(23-43-24-35)25-45(4)5)18-9-10-28(2)29(3)51(48,49)44-40(47)32-14-17-39-38(22-32)46(26-33-13-16-37(33)41)19-8-7-11-31-21-36(42)15-12-34(31)27-50-39/h9,12,14-15,17-18,20-24,28-29,33,37H,6-8,10-11,13,16,19,25-27H2,1-5H3,(H,44,47)/b18-9+/t28-,29+,33-,37+,41-/m0/s1. The summed E-state index contributed by atoms with van der Waals surface area (Å²) in [6, 6.07) is 13.6. The monoisotopic (exact) mass is 732 g/mol. The van der Waals surface area contributed by atoms with Gasteiger partial charge in [-0.1, -0.05) is 49.7 Å². The molecule has 1 N–H and O–H groups in total. The van der Waals surface area contributed by atoms with Crippen LogP contribution in [0.5, 0.6) is 5.75 Å². The second-order valence-electron chi connectivity index (χ2n) is 15.2. The number of allylic oxidation sites excluding steroid dienone is 2. The Bertz CT molecular complexity index is 1860. The highest BCUT2D eigenvalue weighted by molar-refractivity contribution is 7.90. The molecule has 3 aromatic rings. The van der Waals surface area contributed by atoms with Crippen LogP contribution in [-0.2, 0) is 35.0 Å². The Labute approximate surface area is 309 Å². The highest BCUT2D eigenvalue weighted by atomic mass is 35.5. The Morgan fingerprint density at radius 3 is 2.63 bits per heavy atom. The van der Waals surface area contributed by atoms with E-state index in [1.165, 1.54) is 16.7 Å². The Morgan fingerprint density at radius 2 is 1.88 bits per heavy atom. The predicted molar refractivity (Wildman–Crippen MR) is 206 cm³/mol. The van der Waals surface area contributed by atoms with Gasteiger partial charge in [-0.15, -0.1) is 0 Å². The van der Waals surface area contributed by atoms with Gasteiger partial charge >= 0.3 is 0 Å². The second-order valence-corrected chi connectivity index (χ2v) is 17.7. The van der Waals surface area contributed by atoms with Crippen LogP contribution in [0, 0.1) is 17.8 Å². The number of hydrogen-bond acceptors (Lipinski definition) is 7. The number of sulfonamides is 1. The van der Waals surface area contributed by atoms with Gasteiger partial charge < -0.3 is 14.5 Å². The fraction of sp³-hybridized carbons (Fsp3) is 0.512. The van der Waals surface area contributed by atoms with Crippen LogP contribution in [-0.4, -0.2) is 56.6 Å². The van der Waals surface area contributed by atoms with Gasteiger partial charge in [0.2, 0.25) is 10.0 Å². The van der Waals surface area contributed by atoms with Gasteiger partial charge in [0.05, 0.1) is 10.9 Å². The Hall–Kier alpha value is -3.40. The maximum absolute atomic E-state index is 13.6. The van der Waals surface area contributed by atoms with E-state index in [4.69, 9.17) is 21.3 Å². The first-order valence-electron chi connectivity index (χ1n) is 18.5. The van der Waals surface area contributed by atoms with Gasteiger partial charge in [0, 0.05) is 48.0 Å². The summed E-state index contributed by atoms with van der Waals surface area (Å²) in [5.74, 6) is 0.602. The van der Waals surface area contributed by atoms with Gasteiger partial charge in [0.1, 0.15) is 12.4 Å². The number of nitrogens with one attached hydrogen (secondary N) is 1. The zero-order valence-corrected chi connectivity index (χ0v) is 32.3. The van der Waals surface area contributed by atoms with Gasteiger partial charge in [-0.25, -0.2) is 13.1 Å². The molecule has 1 saturated carbocycles. The molecule has 8 nitrogen and oxygen atoms in total.